The van der Waals surface area contributed by atoms with Crippen molar-refractivity contribution in [3.63, 3.8) is 0 Å². The van der Waals surface area contributed by atoms with E-state index in [9.17, 15) is 14.9 Å². The first-order valence-electron chi connectivity index (χ1n) is 6.20. The van der Waals surface area contributed by atoms with Gasteiger partial charge in [0.15, 0.2) is 12.4 Å². The Bertz CT molecular complexity index is 806. The highest BCUT2D eigenvalue weighted by Gasteiger charge is 2.11. The molecule has 0 radical (unpaired) electrons. The summed E-state index contributed by atoms with van der Waals surface area (Å²) in [5, 5.41) is 14.7. The molecule has 24 heavy (non-hydrogen) atoms. The van der Waals surface area contributed by atoms with Gasteiger partial charge < -0.3 is 9.15 Å². The molecule has 11 heteroatoms. The third-order valence-corrected chi connectivity index (χ3v) is 3.52. The van der Waals surface area contributed by atoms with Crippen molar-refractivity contribution in [2.24, 2.45) is 5.10 Å². The molecule has 1 amide bonds. The van der Waals surface area contributed by atoms with Crippen molar-refractivity contribution in [3.8, 4) is 5.75 Å². The lowest BCUT2D eigenvalue weighted by atomic mass is 10.3. The number of halogens is 3. The minimum absolute atomic E-state index is 0.107. The van der Waals surface area contributed by atoms with E-state index in [0.29, 0.717) is 0 Å². The predicted molar refractivity (Wildman–Crippen MR) is 88.1 cm³/mol. The normalized spacial score (nSPS) is 10.8. The molecule has 0 saturated heterocycles. The molecular weight excluding hydrogens is 385 g/mol. The molecule has 0 spiro atoms. The Morgan fingerprint density at radius 2 is 2.00 bits per heavy atom. The molecule has 0 aliphatic heterocycles. The Labute approximate surface area is 150 Å². The van der Waals surface area contributed by atoms with Gasteiger partial charge >= 0.3 is 5.88 Å². The molecule has 0 aliphatic rings. The highest BCUT2D eigenvalue weighted by atomic mass is 35.5. The van der Waals surface area contributed by atoms with Crippen molar-refractivity contribution in [3.05, 3.63) is 55.2 Å². The largest absolute Gasteiger partial charge is 0.482 e. The van der Waals surface area contributed by atoms with Crippen molar-refractivity contribution >= 4 is 52.8 Å². The number of rotatable bonds is 6. The first-order chi connectivity index (χ1) is 11.4. The second kappa shape index (κ2) is 8.00. The molecule has 1 heterocycles. The van der Waals surface area contributed by atoms with Gasteiger partial charge in [0, 0.05) is 6.07 Å². The Balaban J connectivity index is 1.86. The lowest BCUT2D eigenvalue weighted by Crippen LogP contribution is -2.24. The third-order valence-electron chi connectivity index (χ3n) is 2.51. The van der Waals surface area contributed by atoms with E-state index in [1.807, 2.05) is 0 Å². The molecule has 0 bridgehead atoms. The van der Waals surface area contributed by atoms with Gasteiger partial charge in [-0.3, -0.25) is 14.9 Å². The summed E-state index contributed by atoms with van der Waals surface area (Å²) in [6.07, 6.45) is 1.11. The van der Waals surface area contributed by atoms with Crippen LogP contribution in [0.25, 0.3) is 0 Å². The predicted octanol–water partition coefficient (Wildman–Crippen LogP) is 3.68. The Kier molecular flexibility index (Phi) is 6.02. The molecule has 1 aromatic heterocycles. The van der Waals surface area contributed by atoms with Crippen molar-refractivity contribution in [2.75, 3.05) is 6.61 Å². The molecule has 0 saturated carbocycles. The summed E-state index contributed by atoms with van der Waals surface area (Å²) in [4.78, 5) is 21.3. The van der Waals surface area contributed by atoms with E-state index in [-0.39, 0.29) is 33.2 Å². The van der Waals surface area contributed by atoms with Crippen LogP contribution in [0.15, 0.2) is 33.8 Å². The minimum atomic E-state index is -0.690. The van der Waals surface area contributed by atoms with Crippen LogP contribution in [-0.4, -0.2) is 23.7 Å². The Morgan fingerprint density at radius 3 is 2.67 bits per heavy atom. The highest BCUT2D eigenvalue weighted by molar-refractivity contribution is 6.43. The van der Waals surface area contributed by atoms with Gasteiger partial charge in [0.25, 0.3) is 5.91 Å². The zero-order valence-corrected chi connectivity index (χ0v) is 13.9. The molecule has 1 N–H and O–H groups in total. The lowest BCUT2D eigenvalue weighted by Gasteiger charge is -2.08. The molecule has 8 nitrogen and oxygen atoms in total. The summed E-state index contributed by atoms with van der Waals surface area (Å²) in [5.74, 6) is -0.725. The number of benzene rings is 1. The van der Waals surface area contributed by atoms with Gasteiger partial charge in [-0.25, -0.2) is 5.43 Å². The van der Waals surface area contributed by atoms with E-state index in [1.165, 1.54) is 24.3 Å². The summed E-state index contributed by atoms with van der Waals surface area (Å²) in [6, 6.07) is 5.27. The highest BCUT2D eigenvalue weighted by Crippen LogP contribution is 2.33. The second-order valence-corrected chi connectivity index (χ2v) is 5.43. The maximum atomic E-state index is 11.6. The van der Waals surface area contributed by atoms with E-state index < -0.39 is 16.7 Å². The van der Waals surface area contributed by atoms with Gasteiger partial charge in [0.2, 0.25) is 0 Å². The van der Waals surface area contributed by atoms with Crippen LogP contribution in [0.4, 0.5) is 5.88 Å². The third kappa shape index (κ3) is 4.85. The molecule has 126 valence electrons. The van der Waals surface area contributed by atoms with E-state index in [1.54, 1.807) is 0 Å². The maximum Gasteiger partial charge on any atom is 0.433 e. The quantitative estimate of drug-likeness (QED) is 0.349. The minimum Gasteiger partial charge on any atom is -0.482 e. The van der Waals surface area contributed by atoms with Crippen LogP contribution in [-0.2, 0) is 4.79 Å². The first-order valence-corrected chi connectivity index (χ1v) is 7.33. The number of hydrazone groups is 1. The van der Waals surface area contributed by atoms with Crippen molar-refractivity contribution in [1.82, 2.24) is 5.43 Å². The van der Waals surface area contributed by atoms with Gasteiger partial charge in [-0.1, -0.05) is 34.8 Å². The average Bonchev–Trinajstić information content (AvgIpc) is 2.99. The van der Waals surface area contributed by atoms with Crippen LogP contribution in [0.2, 0.25) is 15.1 Å². The van der Waals surface area contributed by atoms with Crippen molar-refractivity contribution < 1.29 is 18.9 Å². The first kappa shape index (κ1) is 18.1. The number of ether oxygens (including phenoxy) is 1. The number of nitrogens with one attached hydrogen (secondary N) is 1. The fourth-order valence-electron chi connectivity index (χ4n) is 1.47. The average molecular weight is 393 g/mol. The van der Waals surface area contributed by atoms with Crippen LogP contribution in [0, 0.1) is 10.1 Å². The van der Waals surface area contributed by atoms with E-state index in [4.69, 9.17) is 44.0 Å². The zero-order valence-electron chi connectivity index (χ0n) is 11.7. The van der Waals surface area contributed by atoms with Gasteiger partial charge in [0.05, 0.1) is 27.3 Å². The number of carbonyl (C=O) groups excluding carboxylic acids is 1. The van der Waals surface area contributed by atoms with Gasteiger partial charge in [-0.05, 0) is 12.1 Å². The summed E-state index contributed by atoms with van der Waals surface area (Å²) in [7, 11) is 0. The van der Waals surface area contributed by atoms with Gasteiger partial charge in [-0.15, -0.1) is 0 Å². The smallest absolute Gasteiger partial charge is 0.433 e. The molecule has 0 atom stereocenters. The van der Waals surface area contributed by atoms with E-state index in [0.717, 1.165) is 6.21 Å². The van der Waals surface area contributed by atoms with Crippen LogP contribution >= 0.6 is 34.8 Å². The van der Waals surface area contributed by atoms with Gasteiger partial charge in [-0.2, -0.15) is 5.10 Å². The van der Waals surface area contributed by atoms with Crippen molar-refractivity contribution in [1.29, 1.82) is 0 Å². The molecule has 0 unspecified atom stereocenters. The topological polar surface area (TPSA) is 107 Å². The van der Waals surface area contributed by atoms with Crippen LogP contribution in [0.5, 0.6) is 5.75 Å². The standard InChI is InChI=1S/C13H8Cl3N3O5/c14-8-3-10(16)11(4-9(8)15)23-6-12(20)18-17-5-7-1-2-13(24-7)19(21)22/h1-5H,6H2,(H,18,20)/b17-5-. The van der Waals surface area contributed by atoms with Crippen LogP contribution in [0.3, 0.4) is 0 Å². The molecular formula is C13H8Cl3N3O5. The SMILES string of the molecule is O=C(COc1cc(Cl)c(Cl)cc1Cl)N/N=C\c1ccc([N+](=O)[O-])o1. The fourth-order valence-corrected chi connectivity index (χ4v) is 2.06. The monoisotopic (exact) mass is 391 g/mol. The number of carbonyl (C=O) groups is 1. The van der Waals surface area contributed by atoms with Crippen LogP contribution in [0.1, 0.15) is 5.76 Å². The number of amides is 1. The lowest BCUT2D eigenvalue weighted by molar-refractivity contribution is -0.402. The summed E-state index contributed by atoms with van der Waals surface area (Å²) >= 11 is 17.5. The van der Waals surface area contributed by atoms with Gasteiger partial charge in [0.1, 0.15) is 10.7 Å². The summed E-state index contributed by atoms with van der Waals surface area (Å²) < 4.78 is 10.0. The molecule has 1 aromatic carbocycles. The summed E-state index contributed by atoms with van der Waals surface area (Å²) in [6.45, 7) is -0.382. The number of nitrogens with zero attached hydrogens (tertiary/aromatic N) is 2. The maximum absolute atomic E-state index is 11.6. The summed E-state index contributed by atoms with van der Waals surface area (Å²) in [5.41, 5.74) is 2.16. The van der Waals surface area contributed by atoms with Crippen LogP contribution < -0.4 is 10.2 Å². The Morgan fingerprint density at radius 1 is 1.29 bits per heavy atom. The second-order valence-electron chi connectivity index (χ2n) is 4.21. The molecule has 0 aliphatic carbocycles. The van der Waals surface area contributed by atoms with E-state index in [2.05, 4.69) is 10.5 Å². The fraction of sp³-hybridized carbons (Fsp3) is 0.0769. The molecule has 2 aromatic rings. The number of hydrogen-bond donors (Lipinski definition) is 1. The number of hydrogen-bond acceptors (Lipinski definition) is 6. The number of nitro groups is 1. The zero-order chi connectivity index (χ0) is 17.7. The van der Waals surface area contributed by atoms with Crippen molar-refractivity contribution in [2.45, 2.75) is 0 Å². The molecule has 0 fully saturated rings. The number of furan rings is 1. The molecule has 2 rings (SSSR count). The van der Waals surface area contributed by atoms with E-state index >= 15 is 0 Å². The Hall–Kier alpha value is -2.29.